The van der Waals surface area contributed by atoms with Crippen molar-refractivity contribution in [3.63, 3.8) is 0 Å². The van der Waals surface area contributed by atoms with Crippen LogP contribution in [-0.2, 0) is 5.41 Å². The molecule has 0 atom stereocenters. The van der Waals surface area contributed by atoms with E-state index in [0.29, 0.717) is 0 Å². The number of anilines is 1. The normalized spacial score (nSPS) is 11.9. The molecule has 1 rings (SSSR count). The maximum Gasteiger partial charge on any atom is 0.137 e. The molecule has 102 valence electrons. The summed E-state index contributed by atoms with van der Waals surface area (Å²) in [6.07, 6.45) is 0. The van der Waals surface area contributed by atoms with Gasteiger partial charge in [0.1, 0.15) is 16.2 Å². The van der Waals surface area contributed by atoms with Gasteiger partial charge in [-0.3, -0.25) is 0 Å². The molecule has 0 fully saturated rings. The molecule has 4 nitrogen and oxygen atoms in total. The molecule has 0 aliphatic carbocycles. The number of hydrogen-bond donors (Lipinski definition) is 1. The number of nitrogens with zero attached hydrogens (tertiary/aromatic N) is 3. The number of rotatable bonds is 5. The molecule has 5 heteroatoms. The zero-order chi connectivity index (χ0) is 13.8. The van der Waals surface area contributed by atoms with Crippen LogP contribution in [0.5, 0.6) is 0 Å². The van der Waals surface area contributed by atoms with Gasteiger partial charge in [0.2, 0.25) is 0 Å². The van der Waals surface area contributed by atoms with Gasteiger partial charge in [-0.25, -0.2) is 9.97 Å². The van der Waals surface area contributed by atoms with Crippen LogP contribution in [0.2, 0.25) is 0 Å². The Kier molecular flexibility index (Phi) is 5.53. The second-order valence-corrected chi connectivity index (χ2v) is 6.28. The molecule has 0 aliphatic heterocycles. The van der Waals surface area contributed by atoms with Crippen LogP contribution in [-0.4, -0.2) is 41.5 Å². The van der Waals surface area contributed by atoms with Crippen molar-refractivity contribution in [3.05, 3.63) is 16.5 Å². The molecule has 0 spiro atoms. The Morgan fingerprint density at radius 1 is 1.33 bits per heavy atom. The van der Waals surface area contributed by atoms with Crippen molar-refractivity contribution in [2.75, 3.05) is 32.0 Å². The third-order valence-corrected chi connectivity index (χ3v) is 3.11. The zero-order valence-electron chi connectivity index (χ0n) is 11.9. The lowest BCUT2D eigenvalue weighted by Gasteiger charge is -2.19. The van der Waals surface area contributed by atoms with Gasteiger partial charge in [-0.05, 0) is 29.5 Å². The lowest BCUT2D eigenvalue weighted by atomic mass is 9.96. The summed E-state index contributed by atoms with van der Waals surface area (Å²) < 4.78 is 0.828. The standard InChI is InChI=1S/C13H23BrN4/c1-6-18(5)8-7-15-11-9-10(14)16-12(17-11)13(2,3)4/h9H,6-8H2,1-5H3,(H,15,16,17). The van der Waals surface area contributed by atoms with Crippen molar-refractivity contribution < 1.29 is 0 Å². The predicted molar refractivity (Wildman–Crippen MR) is 80.1 cm³/mol. The van der Waals surface area contributed by atoms with Gasteiger partial charge in [-0.1, -0.05) is 27.7 Å². The average molecular weight is 315 g/mol. The van der Waals surface area contributed by atoms with Crippen molar-refractivity contribution in [3.8, 4) is 0 Å². The van der Waals surface area contributed by atoms with Crippen LogP contribution in [0.3, 0.4) is 0 Å². The molecular weight excluding hydrogens is 292 g/mol. The lowest BCUT2D eigenvalue weighted by Crippen LogP contribution is -2.25. The fourth-order valence-electron chi connectivity index (χ4n) is 1.38. The third-order valence-electron chi connectivity index (χ3n) is 2.71. The lowest BCUT2D eigenvalue weighted by molar-refractivity contribution is 0.367. The Labute approximate surface area is 118 Å². The van der Waals surface area contributed by atoms with E-state index in [9.17, 15) is 0 Å². The van der Waals surface area contributed by atoms with Gasteiger partial charge < -0.3 is 10.2 Å². The first-order valence-electron chi connectivity index (χ1n) is 6.30. The van der Waals surface area contributed by atoms with Gasteiger partial charge in [0, 0.05) is 24.6 Å². The average Bonchev–Trinajstić information content (AvgIpc) is 2.27. The maximum absolute atomic E-state index is 4.56. The molecule has 0 saturated carbocycles. The van der Waals surface area contributed by atoms with Crippen LogP contribution in [0.25, 0.3) is 0 Å². The molecule has 0 unspecified atom stereocenters. The Bertz CT molecular complexity index is 387. The number of likely N-dealkylation sites (N-methyl/N-ethyl adjacent to an activating group) is 1. The van der Waals surface area contributed by atoms with Crippen LogP contribution < -0.4 is 5.32 Å². The van der Waals surface area contributed by atoms with E-state index in [4.69, 9.17) is 0 Å². The van der Waals surface area contributed by atoms with Crippen LogP contribution >= 0.6 is 15.9 Å². The van der Waals surface area contributed by atoms with Crippen LogP contribution in [0.1, 0.15) is 33.5 Å². The van der Waals surface area contributed by atoms with Gasteiger partial charge in [0.15, 0.2) is 0 Å². The van der Waals surface area contributed by atoms with E-state index < -0.39 is 0 Å². The summed E-state index contributed by atoms with van der Waals surface area (Å²) in [7, 11) is 2.11. The molecule has 0 saturated heterocycles. The summed E-state index contributed by atoms with van der Waals surface area (Å²) in [5, 5.41) is 3.34. The van der Waals surface area contributed by atoms with Crippen LogP contribution in [0.15, 0.2) is 10.7 Å². The minimum atomic E-state index is -0.0412. The first kappa shape index (κ1) is 15.4. The van der Waals surface area contributed by atoms with E-state index in [0.717, 1.165) is 35.9 Å². The summed E-state index contributed by atoms with van der Waals surface area (Å²) in [5.41, 5.74) is -0.0412. The largest absolute Gasteiger partial charge is 0.369 e. The van der Waals surface area contributed by atoms with E-state index in [1.54, 1.807) is 0 Å². The fraction of sp³-hybridized carbons (Fsp3) is 0.692. The smallest absolute Gasteiger partial charge is 0.137 e. The van der Waals surface area contributed by atoms with Gasteiger partial charge in [-0.2, -0.15) is 0 Å². The molecule has 18 heavy (non-hydrogen) atoms. The first-order chi connectivity index (χ1) is 8.32. The highest BCUT2D eigenvalue weighted by atomic mass is 79.9. The summed E-state index contributed by atoms with van der Waals surface area (Å²) in [6, 6.07) is 1.92. The van der Waals surface area contributed by atoms with Gasteiger partial charge in [0.05, 0.1) is 0 Å². The highest BCUT2D eigenvalue weighted by Gasteiger charge is 2.18. The molecule has 0 radical (unpaired) electrons. The maximum atomic E-state index is 4.56. The van der Waals surface area contributed by atoms with E-state index >= 15 is 0 Å². The summed E-state index contributed by atoms with van der Waals surface area (Å²) >= 11 is 3.44. The Balaban J connectivity index is 2.69. The monoisotopic (exact) mass is 314 g/mol. The SMILES string of the molecule is CCN(C)CCNc1cc(Br)nc(C(C)(C)C)n1. The second kappa shape index (κ2) is 6.48. The van der Waals surface area contributed by atoms with Gasteiger partial charge in [-0.15, -0.1) is 0 Å². The predicted octanol–water partition coefficient (Wildman–Crippen LogP) is 2.90. The number of aromatic nitrogens is 2. The van der Waals surface area contributed by atoms with E-state index in [1.807, 2.05) is 6.07 Å². The van der Waals surface area contributed by atoms with Gasteiger partial charge in [0.25, 0.3) is 0 Å². The molecule has 0 bridgehead atoms. The topological polar surface area (TPSA) is 41.0 Å². The summed E-state index contributed by atoms with van der Waals surface area (Å²) in [5.74, 6) is 1.73. The highest BCUT2D eigenvalue weighted by molar-refractivity contribution is 9.10. The Morgan fingerprint density at radius 2 is 2.00 bits per heavy atom. The van der Waals surface area contributed by atoms with Crippen molar-refractivity contribution >= 4 is 21.7 Å². The number of hydrogen-bond acceptors (Lipinski definition) is 4. The third kappa shape index (κ3) is 4.90. The molecule has 0 aliphatic rings. The highest BCUT2D eigenvalue weighted by Crippen LogP contribution is 2.22. The molecule has 1 aromatic heterocycles. The Hall–Kier alpha value is -0.680. The quantitative estimate of drug-likeness (QED) is 0.848. The van der Waals surface area contributed by atoms with E-state index in [2.05, 4.69) is 70.9 Å². The number of nitrogens with one attached hydrogen (secondary N) is 1. The molecule has 1 heterocycles. The molecule has 1 N–H and O–H groups in total. The summed E-state index contributed by atoms with van der Waals surface area (Å²) in [4.78, 5) is 11.2. The zero-order valence-corrected chi connectivity index (χ0v) is 13.5. The van der Waals surface area contributed by atoms with Gasteiger partial charge >= 0.3 is 0 Å². The van der Waals surface area contributed by atoms with Crippen LogP contribution in [0.4, 0.5) is 5.82 Å². The minimum Gasteiger partial charge on any atom is -0.369 e. The second-order valence-electron chi connectivity index (χ2n) is 5.47. The summed E-state index contributed by atoms with van der Waals surface area (Å²) in [6.45, 7) is 11.4. The molecule has 0 amide bonds. The number of halogens is 1. The fourth-order valence-corrected chi connectivity index (χ4v) is 1.76. The van der Waals surface area contributed by atoms with E-state index in [-0.39, 0.29) is 5.41 Å². The van der Waals surface area contributed by atoms with Crippen molar-refractivity contribution in [2.45, 2.75) is 33.1 Å². The van der Waals surface area contributed by atoms with Crippen molar-refractivity contribution in [1.29, 1.82) is 0 Å². The molecular formula is C13H23BrN4. The minimum absolute atomic E-state index is 0.0412. The van der Waals surface area contributed by atoms with E-state index in [1.165, 1.54) is 0 Å². The van der Waals surface area contributed by atoms with Crippen LogP contribution in [0, 0.1) is 0 Å². The Morgan fingerprint density at radius 3 is 2.56 bits per heavy atom. The van der Waals surface area contributed by atoms with Crippen molar-refractivity contribution in [2.24, 2.45) is 0 Å². The molecule has 0 aromatic carbocycles. The first-order valence-corrected chi connectivity index (χ1v) is 7.09. The van der Waals surface area contributed by atoms with Crippen molar-refractivity contribution in [1.82, 2.24) is 14.9 Å². The molecule has 1 aromatic rings.